The predicted molar refractivity (Wildman–Crippen MR) is 83.4 cm³/mol. The SMILES string of the molecule is CCC(=O)c1sc(N2CCCCCCC2)c(C#N)c1N. The van der Waals surface area contributed by atoms with Crippen LogP contribution in [0.1, 0.15) is 60.7 Å². The largest absolute Gasteiger partial charge is 0.396 e. The third kappa shape index (κ3) is 2.96. The maximum atomic E-state index is 11.9. The van der Waals surface area contributed by atoms with E-state index in [2.05, 4.69) is 11.0 Å². The number of Topliss-reactive ketones (excluding diaryl/α,β-unsaturated/α-hetero) is 1. The average molecular weight is 291 g/mol. The van der Waals surface area contributed by atoms with Gasteiger partial charge in [-0.15, -0.1) is 11.3 Å². The summed E-state index contributed by atoms with van der Waals surface area (Å²) in [6, 6.07) is 2.19. The number of nitriles is 1. The first kappa shape index (κ1) is 14.9. The van der Waals surface area contributed by atoms with Crippen LogP contribution in [0, 0.1) is 11.3 Å². The Bertz CT molecular complexity index is 522. The van der Waals surface area contributed by atoms with E-state index in [1.807, 2.05) is 6.92 Å². The maximum Gasteiger partial charge on any atom is 0.174 e. The number of carbonyl (C=O) groups excluding carboxylic acids is 1. The van der Waals surface area contributed by atoms with Crippen LogP contribution in [0.5, 0.6) is 0 Å². The van der Waals surface area contributed by atoms with Gasteiger partial charge >= 0.3 is 0 Å². The number of hydrogen-bond acceptors (Lipinski definition) is 5. The molecule has 2 N–H and O–H groups in total. The van der Waals surface area contributed by atoms with Gasteiger partial charge in [0.1, 0.15) is 16.6 Å². The van der Waals surface area contributed by atoms with Crippen molar-refractivity contribution < 1.29 is 4.79 Å². The zero-order valence-electron chi connectivity index (χ0n) is 11.9. The van der Waals surface area contributed by atoms with Crippen molar-refractivity contribution in [3.05, 3.63) is 10.4 Å². The van der Waals surface area contributed by atoms with E-state index in [1.54, 1.807) is 0 Å². The molecule has 0 aliphatic carbocycles. The van der Waals surface area contributed by atoms with Crippen LogP contribution in [0.2, 0.25) is 0 Å². The number of rotatable bonds is 3. The van der Waals surface area contributed by atoms with E-state index < -0.39 is 0 Å². The molecule has 1 aliphatic heterocycles. The molecule has 0 aromatic carbocycles. The minimum atomic E-state index is 0.0299. The summed E-state index contributed by atoms with van der Waals surface area (Å²) < 4.78 is 0. The van der Waals surface area contributed by atoms with E-state index in [-0.39, 0.29) is 5.78 Å². The Kier molecular flexibility index (Phi) is 5.02. The molecule has 108 valence electrons. The maximum absolute atomic E-state index is 11.9. The Morgan fingerprint density at radius 3 is 2.45 bits per heavy atom. The van der Waals surface area contributed by atoms with Crippen molar-refractivity contribution in [1.82, 2.24) is 0 Å². The van der Waals surface area contributed by atoms with Crippen molar-refractivity contribution in [2.75, 3.05) is 23.7 Å². The standard InChI is InChI=1S/C15H21N3OS/c1-2-12(19)14-13(17)11(10-16)15(20-14)18-8-6-4-3-5-7-9-18/h2-9,17H2,1H3. The van der Waals surface area contributed by atoms with Crippen LogP contribution < -0.4 is 10.6 Å². The fourth-order valence-corrected chi connectivity index (χ4v) is 3.81. The first-order valence-corrected chi connectivity index (χ1v) is 8.11. The second kappa shape index (κ2) is 6.76. The number of nitrogen functional groups attached to an aromatic ring is 1. The first-order chi connectivity index (χ1) is 9.69. The summed E-state index contributed by atoms with van der Waals surface area (Å²) in [7, 11) is 0. The molecule has 1 aliphatic rings. The molecule has 2 heterocycles. The zero-order chi connectivity index (χ0) is 14.5. The van der Waals surface area contributed by atoms with Crippen LogP contribution in [0.15, 0.2) is 0 Å². The van der Waals surface area contributed by atoms with Crippen LogP contribution in [0.3, 0.4) is 0 Å². The van der Waals surface area contributed by atoms with Crippen LogP contribution in [0.25, 0.3) is 0 Å². The molecule has 1 fully saturated rings. The lowest BCUT2D eigenvalue weighted by Crippen LogP contribution is -2.26. The molecule has 0 spiro atoms. The van der Waals surface area contributed by atoms with E-state index in [0.717, 1.165) is 30.9 Å². The highest BCUT2D eigenvalue weighted by atomic mass is 32.1. The first-order valence-electron chi connectivity index (χ1n) is 7.29. The van der Waals surface area contributed by atoms with E-state index in [9.17, 15) is 10.1 Å². The average Bonchev–Trinajstić information content (AvgIpc) is 2.74. The van der Waals surface area contributed by atoms with Crippen molar-refractivity contribution in [3.8, 4) is 6.07 Å². The Balaban J connectivity index is 2.34. The molecule has 2 rings (SSSR count). The number of nitrogens with two attached hydrogens (primary N) is 1. The fraction of sp³-hybridized carbons (Fsp3) is 0.600. The number of hydrogen-bond donors (Lipinski definition) is 1. The Morgan fingerprint density at radius 2 is 1.90 bits per heavy atom. The van der Waals surface area contributed by atoms with Crippen LogP contribution in [-0.2, 0) is 0 Å². The van der Waals surface area contributed by atoms with Gasteiger partial charge in [0, 0.05) is 19.5 Å². The second-order valence-corrected chi connectivity index (χ2v) is 6.17. The summed E-state index contributed by atoms with van der Waals surface area (Å²) in [5.74, 6) is 0.0299. The molecule has 0 radical (unpaired) electrons. The number of carbonyl (C=O) groups is 1. The Labute approximate surface area is 124 Å². The highest BCUT2D eigenvalue weighted by molar-refractivity contribution is 7.19. The van der Waals surface area contributed by atoms with Crippen molar-refractivity contribution in [3.63, 3.8) is 0 Å². The molecule has 0 saturated carbocycles. The molecule has 1 saturated heterocycles. The lowest BCUT2D eigenvalue weighted by molar-refractivity contribution is 0.0993. The minimum Gasteiger partial charge on any atom is -0.396 e. The summed E-state index contributed by atoms with van der Waals surface area (Å²) >= 11 is 1.39. The highest BCUT2D eigenvalue weighted by Crippen LogP contribution is 2.39. The summed E-state index contributed by atoms with van der Waals surface area (Å²) in [5, 5.41) is 10.3. The fourth-order valence-electron chi connectivity index (χ4n) is 2.58. The Morgan fingerprint density at radius 1 is 1.30 bits per heavy atom. The van der Waals surface area contributed by atoms with Crippen molar-refractivity contribution in [2.45, 2.75) is 45.4 Å². The Hall–Kier alpha value is -1.54. The van der Waals surface area contributed by atoms with Gasteiger partial charge in [-0.3, -0.25) is 4.79 Å². The molecule has 1 aromatic heterocycles. The number of thiophene rings is 1. The van der Waals surface area contributed by atoms with Gasteiger partial charge < -0.3 is 10.6 Å². The topological polar surface area (TPSA) is 70.1 Å². The summed E-state index contributed by atoms with van der Waals surface area (Å²) in [6.45, 7) is 3.73. The van der Waals surface area contributed by atoms with Crippen molar-refractivity contribution >= 4 is 27.8 Å². The van der Waals surface area contributed by atoms with E-state index >= 15 is 0 Å². The van der Waals surface area contributed by atoms with Gasteiger partial charge in [-0.05, 0) is 12.8 Å². The van der Waals surface area contributed by atoms with Gasteiger partial charge in [-0.25, -0.2) is 0 Å². The van der Waals surface area contributed by atoms with Gasteiger partial charge in [-0.2, -0.15) is 5.26 Å². The van der Waals surface area contributed by atoms with Gasteiger partial charge in [0.15, 0.2) is 5.78 Å². The number of anilines is 2. The summed E-state index contributed by atoms with van der Waals surface area (Å²) in [6.07, 6.45) is 6.47. The lowest BCUT2D eigenvalue weighted by atomic mass is 10.1. The van der Waals surface area contributed by atoms with E-state index in [4.69, 9.17) is 5.73 Å². The molecule has 0 unspecified atom stereocenters. The number of ketones is 1. The van der Waals surface area contributed by atoms with Crippen LogP contribution in [-0.4, -0.2) is 18.9 Å². The van der Waals surface area contributed by atoms with Gasteiger partial charge in [0.25, 0.3) is 0 Å². The van der Waals surface area contributed by atoms with Gasteiger partial charge in [0.05, 0.1) is 10.6 Å². The summed E-state index contributed by atoms with van der Waals surface area (Å²) in [4.78, 5) is 14.7. The molecule has 20 heavy (non-hydrogen) atoms. The lowest BCUT2D eigenvalue weighted by Gasteiger charge is -2.25. The molecular formula is C15H21N3OS. The van der Waals surface area contributed by atoms with Crippen molar-refractivity contribution in [1.29, 1.82) is 5.26 Å². The third-order valence-corrected chi connectivity index (χ3v) is 5.06. The molecule has 1 aromatic rings. The third-order valence-electron chi connectivity index (χ3n) is 3.76. The molecule has 0 bridgehead atoms. The molecule has 0 atom stereocenters. The van der Waals surface area contributed by atoms with E-state index in [0.29, 0.717) is 22.5 Å². The van der Waals surface area contributed by atoms with Crippen molar-refractivity contribution in [2.24, 2.45) is 0 Å². The smallest absolute Gasteiger partial charge is 0.174 e. The van der Waals surface area contributed by atoms with Crippen LogP contribution in [0.4, 0.5) is 10.7 Å². The normalized spacial score (nSPS) is 16.3. The zero-order valence-corrected chi connectivity index (χ0v) is 12.8. The monoisotopic (exact) mass is 291 g/mol. The second-order valence-electron chi connectivity index (χ2n) is 5.17. The van der Waals surface area contributed by atoms with Gasteiger partial charge in [0.2, 0.25) is 0 Å². The van der Waals surface area contributed by atoms with E-state index in [1.165, 1.54) is 30.6 Å². The number of nitrogens with zero attached hydrogens (tertiary/aromatic N) is 2. The molecule has 4 nitrogen and oxygen atoms in total. The molecular weight excluding hydrogens is 270 g/mol. The summed E-state index contributed by atoms with van der Waals surface area (Å²) in [5.41, 5.74) is 6.88. The quantitative estimate of drug-likeness (QED) is 0.864. The van der Waals surface area contributed by atoms with Crippen LogP contribution >= 0.6 is 11.3 Å². The minimum absolute atomic E-state index is 0.0299. The molecule has 0 amide bonds. The predicted octanol–water partition coefficient (Wildman–Crippen LogP) is 3.57. The highest BCUT2D eigenvalue weighted by Gasteiger charge is 2.23. The van der Waals surface area contributed by atoms with Gasteiger partial charge in [-0.1, -0.05) is 26.2 Å². The molecule has 5 heteroatoms.